The normalized spacial score (nSPS) is 21.3. The minimum absolute atomic E-state index is 0.294. The Hall–Kier alpha value is -0.600. The van der Waals surface area contributed by atoms with E-state index in [1.165, 1.54) is 11.5 Å². The van der Waals surface area contributed by atoms with E-state index in [0.717, 1.165) is 17.1 Å². The third-order valence-corrected chi connectivity index (χ3v) is 3.51. The van der Waals surface area contributed by atoms with Crippen molar-refractivity contribution in [2.75, 3.05) is 0 Å². The van der Waals surface area contributed by atoms with Gasteiger partial charge in [0.15, 0.2) is 0 Å². The molecule has 106 valence electrons. The lowest BCUT2D eigenvalue weighted by molar-refractivity contribution is -0.184. The molecule has 1 aliphatic heterocycles. The Labute approximate surface area is 113 Å². The van der Waals surface area contributed by atoms with Crippen LogP contribution in [0.3, 0.4) is 0 Å². The van der Waals surface area contributed by atoms with E-state index in [-0.39, 0.29) is 11.1 Å². The molecule has 0 unspecified atom stereocenters. The molecular weight excluding hydrogens is 222 g/mol. The quantitative estimate of drug-likeness (QED) is 0.764. The lowest BCUT2D eigenvalue weighted by atomic mass is 9.92. The van der Waals surface area contributed by atoms with Gasteiger partial charge in [-0.15, -0.1) is 0 Å². The first-order chi connectivity index (χ1) is 7.96. The average Bonchev–Trinajstić information content (AvgIpc) is 2.40. The Bertz CT molecular complexity index is 324. The van der Waals surface area contributed by atoms with Crippen molar-refractivity contribution in [2.45, 2.75) is 72.9 Å². The topological polar surface area (TPSA) is 23.5 Å². The molecule has 0 radical (unpaired) electrons. The van der Waals surface area contributed by atoms with Crippen molar-refractivity contribution < 1.29 is 5.21 Å². The van der Waals surface area contributed by atoms with Crippen LogP contribution >= 0.6 is 0 Å². The van der Waals surface area contributed by atoms with Gasteiger partial charge in [0.05, 0.1) is 11.1 Å². The second-order valence-corrected chi connectivity index (χ2v) is 6.66. The van der Waals surface area contributed by atoms with Crippen molar-refractivity contribution in [1.82, 2.24) is 5.06 Å². The molecule has 1 N–H and O–H groups in total. The molecule has 0 fully saturated rings. The summed E-state index contributed by atoms with van der Waals surface area (Å²) in [5.41, 5.74) is 1.53. The van der Waals surface area contributed by atoms with Gasteiger partial charge in [-0.05, 0) is 46.1 Å². The van der Waals surface area contributed by atoms with Crippen LogP contribution in [0.15, 0.2) is 23.8 Å². The molecule has 0 saturated heterocycles. The van der Waals surface area contributed by atoms with Gasteiger partial charge in [0.1, 0.15) is 0 Å². The second kappa shape index (κ2) is 6.03. The first kappa shape index (κ1) is 17.4. The maximum atomic E-state index is 9.94. The van der Waals surface area contributed by atoms with Gasteiger partial charge in [-0.2, -0.15) is 5.06 Å². The zero-order valence-corrected chi connectivity index (χ0v) is 13.5. The van der Waals surface area contributed by atoms with Crippen LogP contribution < -0.4 is 0 Å². The highest BCUT2D eigenvalue weighted by Gasteiger charge is 2.44. The summed E-state index contributed by atoms with van der Waals surface area (Å²) in [5.74, 6) is 0.884. The standard InChI is InChI=1S/C11H19NO.C5H12/c1-8(2)9-7-10(3,4)12(13)11(9,5)6;1-4-5(2)3/h7,13H,1H2,2-6H3;5H,4H2,1-3H3. The van der Waals surface area contributed by atoms with E-state index in [9.17, 15) is 5.21 Å². The number of hydrogen-bond acceptors (Lipinski definition) is 2. The predicted octanol–water partition coefficient (Wildman–Crippen LogP) is 4.80. The number of nitrogens with zero attached hydrogens (tertiary/aromatic N) is 1. The summed E-state index contributed by atoms with van der Waals surface area (Å²) in [7, 11) is 0. The van der Waals surface area contributed by atoms with E-state index >= 15 is 0 Å². The summed E-state index contributed by atoms with van der Waals surface area (Å²) in [6, 6.07) is 0. The Kier molecular flexibility index (Phi) is 5.83. The lowest BCUT2D eigenvalue weighted by Gasteiger charge is -2.36. The maximum Gasteiger partial charge on any atom is 0.0662 e. The first-order valence-electron chi connectivity index (χ1n) is 6.85. The van der Waals surface area contributed by atoms with Crippen LogP contribution in [0.4, 0.5) is 0 Å². The van der Waals surface area contributed by atoms with Crippen LogP contribution in [-0.4, -0.2) is 21.3 Å². The van der Waals surface area contributed by atoms with Crippen LogP contribution in [0, 0.1) is 5.92 Å². The van der Waals surface area contributed by atoms with Gasteiger partial charge in [0.25, 0.3) is 0 Å². The molecule has 18 heavy (non-hydrogen) atoms. The van der Waals surface area contributed by atoms with Gasteiger partial charge < -0.3 is 5.21 Å². The van der Waals surface area contributed by atoms with Gasteiger partial charge in [0.2, 0.25) is 0 Å². The smallest absolute Gasteiger partial charge is 0.0662 e. The van der Waals surface area contributed by atoms with Crippen LogP contribution in [0.25, 0.3) is 0 Å². The second-order valence-electron chi connectivity index (χ2n) is 6.66. The zero-order valence-electron chi connectivity index (χ0n) is 13.5. The highest BCUT2D eigenvalue weighted by Crippen LogP contribution is 2.40. The van der Waals surface area contributed by atoms with E-state index in [1.54, 1.807) is 0 Å². The molecule has 2 nitrogen and oxygen atoms in total. The molecule has 1 aliphatic rings. The van der Waals surface area contributed by atoms with Crippen molar-refractivity contribution in [2.24, 2.45) is 5.92 Å². The lowest BCUT2D eigenvalue weighted by Crippen LogP contribution is -2.47. The molecule has 2 heteroatoms. The molecule has 0 atom stereocenters. The van der Waals surface area contributed by atoms with Crippen LogP contribution in [0.1, 0.15) is 61.8 Å². The third kappa shape index (κ3) is 3.96. The Morgan fingerprint density at radius 3 is 1.83 bits per heavy atom. The molecule has 1 rings (SSSR count). The van der Waals surface area contributed by atoms with Crippen molar-refractivity contribution in [3.05, 3.63) is 23.8 Å². The van der Waals surface area contributed by atoms with E-state index < -0.39 is 0 Å². The van der Waals surface area contributed by atoms with E-state index in [4.69, 9.17) is 0 Å². The molecule has 0 saturated carbocycles. The van der Waals surface area contributed by atoms with Crippen molar-refractivity contribution in [1.29, 1.82) is 0 Å². The fourth-order valence-corrected chi connectivity index (χ4v) is 2.07. The summed E-state index contributed by atoms with van der Waals surface area (Å²) in [6.45, 7) is 20.5. The fraction of sp³-hybridized carbons (Fsp3) is 0.750. The van der Waals surface area contributed by atoms with Crippen molar-refractivity contribution in [3.8, 4) is 0 Å². The van der Waals surface area contributed by atoms with E-state index in [1.807, 2.05) is 34.6 Å². The largest absolute Gasteiger partial charge is 0.312 e. The van der Waals surface area contributed by atoms with Gasteiger partial charge in [-0.3, -0.25) is 0 Å². The summed E-state index contributed by atoms with van der Waals surface area (Å²) in [4.78, 5) is 0. The molecule has 0 aromatic rings. The predicted molar refractivity (Wildman–Crippen MR) is 79.8 cm³/mol. The SMILES string of the molecule is C=C(C)C1=CC(C)(C)N(O)C1(C)C.CCC(C)C. The highest BCUT2D eigenvalue weighted by atomic mass is 16.5. The van der Waals surface area contributed by atoms with Gasteiger partial charge >= 0.3 is 0 Å². The van der Waals surface area contributed by atoms with E-state index in [2.05, 4.69) is 33.4 Å². The molecule has 0 amide bonds. The Morgan fingerprint density at radius 1 is 1.33 bits per heavy atom. The maximum absolute atomic E-state index is 9.94. The zero-order chi connectivity index (χ0) is 14.7. The Balaban J connectivity index is 0.000000494. The van der Waals surface area contributed by atoms with E-state index in [0.29, 0.717) is 0 Å². The molecule has 1 heterocycles. The summed E-state index contributed by atoms with van der Waals surface area (Å²) in [6.07, 6.45) is 3.38. The molecular formula is C16H31NO. The molecule has 0 spiro atoms. The average molecular weight is 253 g/mol. The molecule has 0 aromatic carbocycles. The number of hydroxylamine groups is 2. The highest BCUT2D eigenvalue weighted by molar-refractivity contribution is 5.42. The molecule has 0 bridgehead atoms. The molecule has 0 aliphatic carbocycles. The van der Waals surface area contributed by atoms with Gasteiger partial charge in [-0.1, -0.05) is 45.4 Å². The van der Waals surface area contributed by atoms with Crippen LogP contribution in [0.2, 0.25) is 0 Å². The summed E-state index contributed by atoms with van der Waals surface area (Å²) in [5, 5.41) is 11.3. The fourth-order valence-electron chi connectivity index (χ4n) is 2.07. The Morgan fingerprint density at radius 2 is 1.72 bits per heavy atom. The minimum Gasteiger partial charge on any atom is -0.312 e. The minimum atomic E-state index is -0.324. The number of rotatable bonds is 2. The monoisotopic (exact) mass is 253 g/mol. The van der Waals surface area contributed by atoms with Crippen molar-refractivity contribution in [3.63, 3.8) is 0 Å². The first-order valence-corrected chi connectivity index (χ1v) is 6.85. The van der Waals surface area contributed by atoms with Crippen molar-refractivity contribution >= 4 is 0 Å². The number of hydrogen-bond donors (Lipinski definition) is 1. The van der Waals surface area contributed by atoms with Gasteiger partial charge in [-0.25, -0.2) is 0 Å². The van der Waals surface area contributed by atoms with Crippen LogP contribution in [-0.2, 0) is 0 Å². The summed E-state index contributed by atoms with van der Waals surface area (Å²) < 4.78 is 0. The summed E-state index contributed by atoms with van der Waals surface area (Å²) >= 11 is 0. The van der Waals surface area contributed by atoms with Crippen LogP contribution in [0.5, 0.6) is 0 Å². The third-order valence-electron chi connectivity index (χ3n) is 3.51. The molecule has 0 aromatic heterocycles. The van der Waals surface area contributed by atoms with Gasteiger partial charge in [0, 0.05) is 0 Å².